The van der Waals surface area contributed by atoms with Crippen LogP contribution in [0, 0.1) is 0 Å². The summed E-state index contributed by atoms with van der Waals surface area (Å²) in [5.41, 5.74) is 3.89. The molecule has 0 fully saturated rings. The van der Waals surface area contributed by atoms with Crippen molar-refractivity contribution in [2.45, 2.75) is 19.1 Å². The Morgan fingerprint density at radius 3 is 2.48 bits per heavy atom. The van der Waals surface area contributed by atoms with E-state index in [1.807, 2.05) is 48.5 Å². The number of benzene rings is 3. The van der Waals surface area contributed by atoms with Crippen LogP contribution in [0.25, 0.3) is 22.1 Å². The fourth-order valence-corrected chi connectivity index (χ4v) is 3.69. The molecule has 4 aromatic rings. The van der Waals surface area contributed by atoms with E-state index in [0.717, 1.165) is 22.3 Å². The predicted octanol–water partition coefficient (Wildman–Crippen LogP) is 4.03. The number of rotatable bonds is 8. The van der Waals surface area contributed by atoms with Crippen LogP contribution in [0.3, 0.4) is 0 Å². The Bertz CT molecular complexity index is 1290. The lowest BCUT2D eigenvalue weighted by molar-refractivity contribution is -0.139. The first-order chi connectivity index (χ1) is 16.0. The zero-order valence-electron chi connectivity index (χ0n) is 17.9. The second-order valence-corrected chi connectivity index (χ2v) is 7.60. The van der Waals surface area contributed by atoms with Crippen molar-refractivity contribution in [3.8, 4) is 16.9 Å². The summed E-state index contributed by atoms with van der Waals surface area (Å²) in [6.45, 7) is -0.0698. The quantitative estimate of drug-likeness (QED) is 0.378. The van der Waals surface area contributed by atoms with Gasteiger partial charge in [-0.3, -0.25) is 4.79 Å². The lowest BCUT2D eigenvalue weighted by Crippen LogP contribution is -2.42. The number of amides is 1. The molecule has 1 aromatic heterocycles. The zero-order chi connectivity index (χ0) is 23.4. The largest absolute Gasteiger partial charge is 0.497 e. The summed E-state index contributed by atoms with van der Waals surface area (Å²) in [4.78, 5) is 24.5. The number of hydrogen-bond acceptors (Lipinski definition) is 5. The third-order valence-corrected chi connectivity index (χ3v) is 5.44. The average Bonchev–Trinajstić information content (AvgIpc) is 3.27. The zero-order valence-corrected chi connectivity index (χ0v) is 17.9. The highest BCUT2D eigenvalue weighted by Crippen LogP contribution is 2.25. The molecule has 1 amide bonds. The van der Waals surface area contributed by atoms with E-state index in [-0.39, 0.29) is 18.8 Å². The van der Waals surface area contributed by atoms with Crippen LogP contribution in [0.2, 0.25) is 0 Å². The van der Waals surface area contributed by atoms with Gasteiger partial charge < -0.3 is 24.7 Å². The number of nitrogens with one attached hydrogen (secondary N) is 1. The van der Waals surface area contributed by atoms with Crippen molar-refractivity contribution in [2.75, 3.05) is 7.11 Å². The normalized spacial score (nSPS) is 11.8. The molecule has 0 aliphatic heterocycles. The average molecular weight is 445 g/mol. The van der Waals surface area contributed by atoms with Crippen molar-refractivity contribution in [1.82, 2.24) is 5.32 Å². The number of hydrogen-bond donors (Lipinski definition) is 3. The molecule has 33 heavy (non-hydrogen) atoms. The number of carboxylic acids is 1. The fraction of sp³-hybridized carbons (Fsp3) is 0.154. The van der Waals surface area contributed by atoms with Gasteiger partial charge in [-0.2, -0.15) is 0 Å². The van der Waals surface area contributed by atoms with E-state index < -0.39 is 17.9 Å². The van der Waals surface area contributed by atoms with Gasteiger partial charge in [0.05, 0.1) is 13.7 Å². The number of ether oxygens (including phenoxy) is 1. The number of carboxylic acid groups (broad SMARTS) is 1. The Balaban J connectivity index is 1.49. The van der Waals surface area contributed by atoms with E-state index in [0.29, 0.717) is 16.7 Å². The van der Waals surface area contributed by atoms with E-state index in [1.54, 1.807) is 31.4 Å². The summed E-state index contributed by atoms with van der Waals surface area (Å²) < 4.78 is 10.7. The molecular weight excluding hydrogens is 422 g/mol. The number of carbonyl (C=O) groups excluding carboxylic acids is 1. The van der Waals surface area contributed by atoms with E-state index in [2.05, 4.69) is 5.32 Å². The van der Waals surface area contributed by atoms with Crippen LogP contribution in [0.5, 0.6) is 5.75 Å². The van der Waals surface area contributed by atoms with Crippen molar-refractivity contribution in [2.24, 2.45) is 0 Å². The smallest absolute Gasteiger partial charge is 0.326 e. The number of aliphatic hydroxyl groups is 1. The third-order valence-electron chi connectivity index (χ3n) is 5.44. The van der Waals surface area contributed by atoms with Crippen LogP contribution in [0.4, 0.5) is 0 Å². The summed E-state index contributed by atoms with van der Waals surface area (Å²) >= 11 is 0. The molecule has 4 rings (SSSR count). The first-order valence-electron chi connectivity index (χ1n) is 10.4. The van der Waals surface area contributed by atoms with Crippen molar-refractivity contribution < 1.29 is 29.0 Å². The summed E-state index contributed by atoms with van der Waals surface area (Å²) in [5.74, 6) is -1.09. The minimum atomic E-state index is -1.14. The Kier molecular flexibility index (Phi) is 6.42. The monoisotopic (exact) mass is 445 g/mol. The van der Waals surface area contributed by atoms with Crippen LogP contribution >= 0.6 is 0 Å². The molecule has 1 heterocycles. The minimum absolute atomic E-state index is 0.0282. The summed E-state index contributed by atoms with van der Waals surface area (Å²) in [7, 11) is 1.55. The highest BCUT2D eigenvalue weighted by Gasteiger charge is 2.23. The van der Waals surface area contributed by atoms with Crippen molar-refractivity contribution in [3.05, 3.63) is 89.7 Å². The van der Waals surface area contributed by atoms with Crippen LogP contribution < -0.4 is 10.1 Å². The van der Waals surface area contributed by atoms with Crippen molar-refractivity contribution >= 4 is 22.8 Å². The lowest BCUT2D eigenvalue weighted by atomic mass is 9.97. The van der Waals surface area contributed by atoms with E-state index in [1.165, 1.54) is 0 Å². The Labute approximate surface area is 190 Å². The predicted molar refractivity (Wildman–Crippen MR) is 123 cm³/mol. The maximum absolute atomic E-state index is 12.7. The van der Waals surface area contributed by atoms with Crippen molar-refractivity contribution in [1.29, 1.82) is 0 Å². The molecule has 1 atom stereocenters. The first-order valence-corrected chi connectivity index (χ1v) is 10.4. The number of aliphatic carboxylic acids is 1. The second kappa shape index (κ2) is 9.58. The van der Waals surface area contributed by atoms with Gasteiger partial charge in [-0.15, -0.1) is 0 Å². The van der Waals surface area contributed by atoms with Gasteiger partial charge in [0, 0.05) is 11.8 Å². The van der Waals surface area contributed by atoms with Crippen LogP contribution in [-0.4, -0.2) is 35.2 Å². The van der Waals surface area contributed by atoms with Gasteiger partial charge in [0.15, 0.2) is 5.76 Å². The molecule has 1 unspecified atom stereocenters. The maximum Gasteiger partial charge on any atom is 0.326 e. The van der Waals surface area contributed by atoms with Crippen LogP contribution in [-0.2, 0) is 17.8 Å². The number of fused-ring (bicyclic) bond motifs is 1. The Morgan fingerprint density at radius 2 is 1.79 bits per heavy atom. The van der Waals surface area contributed by atoms with Crippen LogP contribution in [0.1, 0.15) is 21.7 Å². The third kappa shape index (κ3) is 4.88. The number of aliphatic hydroxyl groups excluding tert-OH is 1. The van der Waals surface area contributed by atoms with Gasteiger partial charge in [0.25, 0.3) is 5.91 Å². The molecule has 0 aliphatic rings. The number of methoxy groups -OCH3 is 1. The SMILES string of the molecule is COc1ccc2oc(C(=O)NC(Cc3ccc(-c4ccccc4CO)cc3)C(=O)O)cc2c1. The molecule has 0 bridgehead atoms. The van der Waals surface area contributed by atoms with Gasteiger partial charge in [0.1, 0.15) is 17.4 Å². The minimum Gasteiger partial charge on any atom is -0.497 e. The maximum atomic E-state index is 12.7. The van der Waals surface area contributed by atoms with Gasteiger partial charge in [-0.25, -0.2) is 4.79 Å². The fourth-order valence-electron chi connectivity index (χ4n) is 3.69. The first kappa shape index (κ1) is 22.1. The molecule has 0 saturated carbocycles. The number of carbonyl (C=O) groups is 2. The van der Waals surface area contributed by atoms with Crippen LogP contribution in [0.15, 0.2) is 77.2 Å². The second-order valence-electron chi connectivity index (χ2n) is 7.60. The van der Waals surface area contributed by atoms with Crippen molar-refractivity contribution in [3.63, 3.8) is 0 Å². The van der Waals surface area contributed by atoms with E-state index >= 15 is 0 Å². The molecule has 7 nitrogen and oxygen atoms in total. The summed E-state index contributed by atoms with van der Waals surface area (Å²) in [6, 6.07) is 20.5. The molecule has 0 radical (unpaired) electrons. The Hall–Kier alpha value is -4.10. The summed E-state index contributed by atoms with van der Waals surface area (Å²) in [5, 5.41) is 22.4. The molecule has 3 N–H and O–H groups in total. The molecule has 168 valence electrons. The van der Waals surface area contributed by atoms with Gasteiger partial charge in [-0.05, 0) is 46.5 Å². The standard InChI is InChI=1S/C26H23NO6/c1-32-20-10-11-23-19(13-20)14-24(33-23)25(29)27-22(26(30)31)12-16-6-8-17(9-7-16)21-5-3-2-4-18(21)15-28/h2-11,13-14,22,28H,12,15H2,1H3,(H,27,29)(H,30,31). The van der Waals surface area contributed by atoms with E-state index in [4.69, 9.17) is 9.15 Å². The molecule has 0 aliphatic carbocycles. The lowest BCUT2D eigenvalue weighted by Gasteiger charge is -2.14. The summed E-state index contributed by atoms with van der Waals surface area (Å²) in [6.07, 6.45) is 0.108. The molecule has 7 heteroatoms. The molecule has 0 saturated heterocycles. The highest BCUT2D eigenvalue weighted by molar-refractivity contribution is 5.98. The topological polar surface area (TPSA) is 109 Å². The van der Waals surface area contributed by atoms with Gasteiger partial charge in [0.2, 0.25) is 0 Å². The molecule has 0 spiro atoms. The van der Waals surface area contributed by atoms with E-state index in [9.17, 15) is 19.8 Å². The molecular formula is C26H23NO6. The number of furan rings is 1. The highest BCUT2D eigenvalue weighted by atomic mass is 16.5. The molecule has 3 aromatic carbocycles. The van der Waals surface area contributed by atoms with Gasteiger partial charge >= 0.3 is 5.97 Å². The Morgan fingerprint density at radius 1 is 1.03 bits per heavy atom. The van der Waals surface area contributed by atoms with Gasteiger partial charge in [-0.1, -0.05) is 48.5 Å².